The zero-order valence-electron chi connectivity index (χ0n) is 16.3. The van der Waals surface area contributed by atoms with Crippen LogP contribution in [0, 0.1) is 11.7 Å². The van der Waals surface area contributed by atoms with Crippen molar-refractivity contribution in [3.05, 3.63) is 65.5 Å². The summed E-state index contributed by atoms with van der Waals surface area (Å²) in [6, 6.07) is 13.2. The molecule has 2 aromatic carbocycles. The lowest BCUT2D eigenvalue weighted by atomic mass is 10.1. The van der Waals surface area contributed by atoms with Crippen LogP contribution in [0.25, 0.3) is 0 Å². The molecule has 0 aromatic heterocycles. The quantitative estimate of drug-likeness (QED) is 0.528. The third kappa shape index (κ3) is 4.62. The van der Waals surface area contributed by atoms with Gasteiger partial charge in [-0.05, 0) is 30.7 Å². The van der Waals surface area contributed by atoms with E-state index in [9.17, 15) is 18.8 Å². The minimum absolute atomic E-state index is 0.0237. The first-order chi connectivity index (χ1) is 13.9. The Morgan fingerprint density at radius 1 is 1.21 bits per heavy atom. The lowest BCUT2D eigenvalue weighted by Gasteiger charge is -2.25. The Morgan fingerprint density at radius 2 is 1.93 bits per heavy atom. The molecule has 1 aliphatic heterocycles. The van der Waals surface area contributed by atoms with Gasteiger partial charge in [-0.3, -0.25) is 14.4 Å². The highest BCUT2D eigenvalue weighted by atomic mass is 19.1. The molecule has 1 saturated heterocycles. The van der Waals surface area contributed by atoms with Gasteiger partial charge in [0.15, 0.2) is 24.0 Å². The fourth-order valence-electron chi connectivity index (χ4n) is 3.35. The van der Waals surface area contributed by atoms with E-state index < -0.39 is 30.1 Å². The van der Waals surface area contributed by atoms with Gasteiger partial charge < -0.3 is 14.4 Å². The second-order valence-corrected chi connectivity index (χ2v) is 6.91. The molecule has 2 atom stereocenters. The van der Waals surface area contributed by atoms with Gasteiger partial charge in [0.05, 0.1) is 19.1 Å². The van der Waals surface area contributed by atoms with Crippen LogP contribution in [0.2, 0.25) is 0 Å². The van der Waals surface area contributed by atoms with E-state index >= 15 is 0 Å². The van der Waals surface area contributed by atoms with Crippen molar-refractivity contribution >= 4 is 17.7 Å². The standard InChI is InChI=1S/C22H22FNO5/c1-14(15-6-4-3-5-7-15)24-12-17(11-21(24)26)22(27)29-13-19(25)16-8-9-20(28-2)18(23)10-16/h3-10,14,17H,11-13H2,1-2H3/t14-,17-/m1/s1. The molecule has 0 saturated carbocycles. The van der Waals surface area contributed by atoms with Crippen LogP contribution < -0.4 is 4.74 Å². The van der Waals surface area contributed by atoms with Gasteiger partial charge in [0.1, 0.15) is 0 Å². The third-order valence-electron chi connectivity index (χ3n) is 5.06. The summed E-state index contributed by atoms with van der Waals surface area (Å²) in [5.74, 6) is -2.55. The van der Waals surface area contributed by atoms with E-state index in [2.05, 4.69) is 0 Å². The molecule has 0 aliphatic carbocycles. The highest BCUT2D eigenvalue weighted by Gasteiger charge is 2.38. The molecular formula is C22H22FNO5. The average Bonchev–Trinajstić information content (AvgIpc) is 3.13. The minimum atomic E-state index is -0.670. The van der Waals surface area contributed by atoms with Gasteiger partial charge in [-0.25, -0.2) is 4.39 Å². The summed E-state index contributed by atoms with van der Waals surface area (Å²) in [7, 11) is 1.33. The molecule has 0 bridgehead atoms. The van der Waals surface area contributed by atoms with Crippen molar-refractivity contribution in [3.63, 3.8) is 0 Å². The molecule has 6 nitrogen and oxygen atoms in total. The number of halogens is 1. The minimum Gasteiger partial charge on any atom is -0.494 e. The Morgan fingerprint density at radius 3 is 2.59 bits per heavy atom. The number of esters is 1. The maximum atomic E-state index is 13.7. The van der Waals surface area contributed by atoms with Gasteiger partial charge in [0, 0.05) is 18.5 Å². The molecule has 0 N–H and O–H groups in total. The number of hydrogen-bond donors (Lipinski definition) is 0. The van der Waals surface area contributed by atoms with E-state index in [4.69, 9.17) is 9.47 Å². The number of methoxy groups -OCH3 is 1. The molecular weight excluding hydrogens is 377 g/mol. The van der Waals surface area contributed by atoms with Crippen LogP contribution in [0.15, 0.2) is 48.5 Å². The Bertz CT molecular complexity index is 915. The number of nitrogens with zero attached hydrogens (tertiary/aromatic N) is 1. The predicted octanol–water partition coefficient (Wildman–Crippen LogP) is 3.17. The number of carbonyl (C=O) groups is 3. The number of likely N-dealkylation sites (tertiary alicyclic amines) is 1. The second kappa shape index (κ2) is 8.86. The maximum Gasteiger partial charge on any atom is 0.311 e. The number of rotatable bonds is 7. The van der Waals surface area contributed by atoms with Crippen molar-refractivity contribution in [2.75, 3.05) is 20.3 Å². The molecule has 29 heavy (non-hydrogen) atoms. The zero-order chi connectivity index (χ0) is 21.0. The van der Waals surface area contributed by atoms with Crippen molar-refractivity contribution in [3.8, 4) is 5.75 Å². The molecule has 0 spiro atoms. The Hall–Kier alpha value is -3.22. The molecule has 7 heteroatoms. The van der Waals surface area contributed by atoms with E-state index in [1.165, 1.54) is 19.2 Å². The molecule has 3 rings (SSSR count). The molecule has 1 heterocycles. The van der Waals surface area contributed by atoms with Crippen molar-refractivity contribution in [2.24, 2.45) is 5.92 Å². The first-order valence-corrected chi connectivity index (χ1v) is 9.28. The van der Waals surface area contributed by atoms with Crippen molar-refractivity contribution in [1.82, 2.24) is 4.90 Å². The average molecular weight is 399 g/mol. The monoisotopic (exact) mass is 399 g/mol. The lowest BCUT2D eigenvalue weighted by molar-refractivity contribution is -0.147. The maximum absolute atomic E-state index is 13.7. The van der Waals surface area contributed by atoms with Gasteiger partial charge in [0.25, 0.3) is 0 Å². The van der Waals surface area contributed by atoms with Crippen LogP contribution in [0.1, 0.15) is 35.3 Å². The van der Waals surface area contributed by atoms with Gasteiger partial charge in [-0.15, -0.1) is 0 Å². The van der Waals surface area contributed by atoms with Crippen LogP contribution in [-0.4, -0.2) is 42.8 Å². The summed E-state index contributed by atoms with van der Waals surface area (Å²) >= 11 is 0. The normalized spacial score (nSPS) is 17.1. The first kappa shape index (κ1) is 20.5. The highest BCUT2D eigenvalue weighted by molar-refractivity contribution is 5.98. The molecule has 1 amide bonds. The van der Waals surface area contributed by atoms with Crippen LogP contribution in [-0.2, 0) is 14.3 Å². The lowest BCUT2D eigenvalue weighted by Crippen LogP contribution is -2.30. The molecule has 0 unspecified atom stereocenters. The number of ether oxygens (including phenoxy) is 2. The highest BCUT2D eigenvalue weighted by Crippen LogP contribution is 2.29. The van der Waals surface area contributed by atoms with Crippen LogP contribution in [0.3, 0.4) is 0 Å². The van der Waals surface area contributed by atoms with E-state index in [0.29, 0.717) is 0 Å². The largest absolute Gasteiger partial charge is 0.494 e. The van der Waals surface area contributed by atoms with Gasteiger partial charge in [-0.1, -0.05) is 30.3 Å². The number of hydrogen-bond acceptors (Lipinski definition) is 5. The summed E-state index contributed by atoms with van der Waals surface area (Å²) in [6.45, 7) is 1.63. The van der Waals surface area contributed by atoms with E-state index in [1.807, 2.05) is 37.3 Å². The van der Waals surface area contributed by atoms with Crippen molar-refractivity contribution in [2.45, 2.75) is 19.4 Å². The SMILES string of the molecule is COc1ccc(C(=O)COC(=O)[C@@H]2CC(=O)N([C@H](C)c3ccccc3)C2)cc1F. The van der Waals surface area contributed by atoms with Crippen LogP contribution in [0.5, 0.6) is 5.75 Å². The number of amides is 1. The third-order valence-corrected chi connectivity index (χ3v) is 5.06. The Kier molecular flexibility index (Phi) is 6.26. The van der Waals surface area contributed by atoms with Gasteiger partial charge in [-0.2, -0.15) is 0 Å². The number of Topliss-reactive ketones (excluding diaryl/α,β-unsaturated/α-hetero) is 1. The van der Waals surface area contributed by atoms with E-state index in [-0.39, 0.29) is 36.2 Å². The second-order valence-electron chi connectivity index (χ2n) is 6.91. The Labute approximate surface area is 168 Å². The first-order valence-electron chi connectivity index (χ1n) is 9.28. The Balaban J connectivity index is 1.57. The molecule has 1 aliphatic rings. The van der Waals surface area contributed by atoms with Gasteiger partial charge >= 0.3 is 5.97 Å². The molecule has 152 valence electrons. The smallest absolute Gasteiger partial charge is 0.311 e. The summed E-state index contributed by atoms with van der Waals surface area (Å²) < 4.78 is 23.6. The zero-order valence-corrected chi connectivity index (χ0v) is 16.3. The molecule has 0 radical (unpaired) electrons. The fourth-order valence-corrected chi connectivity index (χ4v) is 3.35. The van der Waals surface area contributed by atoms with Crippen LogP contribution in [0.4, 0.5) is 4.39 Å². The van der Waals surface area contributed by atoms with E-state index in [0.717, 1.165) is 11.6 Å². The summed E-state index contributed by atoms with van der Waals surface area (Å²) in [4.78, 5) is 38.5. The topological polar surface area (TPSA) is 72.9 Å². The van der Waals surface area contributed by atoms with Gasteiger partial charge in [0.2, 0.25) is 5.91 Å². The molecule has 2 aromatic rings. The summed E-state index contributed by atoms with van der Waals surface area (Å²) in [6.07, 6.45) is 0.0430. The van der Waals surface area contributed by atoms with Crippen LogP contribution >= 0.6 is 0 Å². The summed E-state index contributed by atoms with van der Waals surface area (Å²) in [5.41, 5.74) is 1.06. The summed E-state index contributed by atoms with van der Waals surface area (Å²) in [5, 5.41) is 0. The molecule has 1 fully saturated rings. The fraction of sp³-hybridized carbons (Fsp3) is 0.318. The van der Waals surface area contributed by atoms with E-state index in [1.54, 1.807) is 4.90 Å². The number of benzene rings is 2. The predicted molar refractivity (Wildman–Crippen MR) is 103 cm³/mol. The number of ketones is 1. The van der Waals surface area contributed by atoms with Crippen molar-refractivity contribution < 1.29 is 28.2 Å². The van der Waals surface area contributed by atoms with Crippen molar-refractivity contribution in [1.29, 1.82) is 0 Å². The number of carbonyl (C=O) groups excluding carboxylic acids is 3.